The maximum atomic E-state index is 12.6. The van der Waals surface area contributed by atoms with Crippen LogP contribution in [0.1, 0.15) is 23.2 Å². The number of hydrogen-bond acceptors (Lipinski definition) is 3. The number of carbonyl (C=O) groups excluding carboxylic acids is 1. The fourth-order valence-corrected chi connectivity index (χ4v) is 2.15. The molecule has 0 aliphatic carbocycles. The van der Waals surface area contributed by atoms with Crippen LogP contribution in [-0.4, -0.2) is 18.1 Å². The van der Waals surface area contributed by atoms with E-state index in [2.05, 4.69) is 25.7 Å². The molecule has 0 saturated carbocycles. The molecular formula is C10H9BrClF2NO2. The summed E-state index contributed by atoms with van der Waals surface area (Å²) in [6.07, 6.45) is -1.59. The Bertz CT molecular complexity index is 429. The monoisotopic (exact) mass is 327 g/mol. The lowest BCUT2D eigenvalue weighted by atomic mass is 10.1. The smallest absolute Gasteiger partial charge is 0.310 e. The molecular weight excluding hydrogens is 319 g/mol. The molecule has 1 rings (SSSR count). The van der Waals surface area contributed by atoms with E-state index in [-0.39, 0.29) is 16.8 Å². The first-order valence-electron chi connectivity index (χ1n) is 4.58. The molecule has 1 aromatic rings. The van der Waals surface area contributed by atoms with Gasteiger partial charge in [-0.05, 0) is 27.1 Å². The highest BCUT2D eigenvalue weighted by Crippen LogP contribution is 2.31. The van der Waals surface area contributed by atoms with Crippen molar-refractivity contribution in [2.45, 2.75) is 18.7 Å². The number of rotatable bonds is 4. The Morgan fingerprint density at radius 3 is 2.76 bits per heavy atom. The summed E-state index contributed by atoms with van der Waals surface area (Å²) in [5.41, 5.74) is 0.503. The first-order chi connectivity index (χ1) is 8.01. The summed E-state index contributed by atoms with van der Waals surface area (Å²) in [6, 6.07) is 0. The minimum Gasteiger partial charge on any atom is -0.469 e. The molecule has 1 aromatic heterocycles. The molecule has 0 saturated heterocycles. The number of esters is 1. The van der Waals surface area contributed by atoms with Gasteiger partial charge in [-0.2, -0.15) is 0 Å². The van der Waals surface area contributed by atoms with Gasteiger partial charge in [-0.25, -0.2) is 8.78 Å². The molecule has 1 heterocycles. The molecule has 0 fully saturated rings. The molecule has 0 aliphatic heterocycles. The van der Waals surface area contributed by atoms with Gasteiger partial charge in [0.05, 0.1) is 13.5 Å². The van der Waals surface area contributed by atoms with Crippen molar-refractivity contribution in [2.24, 2.45) is 0 Å². The van der Waals surface area contributed by atoms with E-state index in [1.54, 1.807) is 0 Å². The van der Waals surface area contributed by atoms with Crippen LogP contribution in [0.4, 0.5) is 8.78 Å². The van der Waals surface area contributed by atoms with Crippen LogP contribution >= 0.6 is 27.5 Å². The number of nitrogens with zero attached hydrogens (tertiary/aromatic N) is 1. The molecule has 0 aliphatic rings. The summed E-state index contributed by atoms with van der Waals surface area (Å²) in [5.74, 6) is -0.440. The fraction of sp³-hybridized carbons (Fsp3) is 0.400. The Morgan fingerprint density at radius 1 is 1.65 bits per heavy atom. The van der Waals surface area contributed by atoms with E-state index >= 15 is 0 Å². The highest BCUT2D eigenvalue weighted by Gasteiger charge is 2.20. The van der Waals surface area contributed by atoms with Crippen LogP contribution in [0.2, 0.25) is 0 Å². The fourth-order valence-electron chi connectivity index (χ4n) is 1.25. The number of methoxy groups -OCH3 is 1. The van der Waals surface area contributed by atoms with E-state index in [0.29, 0.717) is 11.1 Å². The lowest BCUT2D eigenvalue weighted by molar-refractivity contribution is -0.139. The van der Waals surface area contributed by atoms with Crippen molar-refractivity contribution in [3.63, 3.8) is 0 Å². The van der Waals surface area contributed by atoms with Crippen LogP contribution in [0.3, 0.4) is 0 Å². The second kappa shape index (κ2) is 6.26. The summed E-state index contributed by atoms with van der Waals surface area (Å²) in [7, 11) is 1.23. The van der Waals surface area contributed by atoms with Crippen molar-refractivity contribution >= 4 is 33.5 Å². The number of carbonyl (C=O) groups is 1. The number of alkyl halides is 3. The van der Waals surface area contributed by atoms with E-state index < -0.39 is 18.1 Å². The van der Waals surface area contributed by atoms with Gasteiger partial charge in [-0.1, -0.05) is 0 Å². The van der Waals surface area contributed by atoms with E-state index in [9.17, 15) is 13.6 Å². The maximum Gasteiger partial charge on any atom is 0.310 e. The van der Waals surface area contributed by atoms with Gasteiger partial charge in [0.2, 0.25) is 0 Å². The standard InChI is InChI=1S/C10H9BrClF2NO2/c1-17-7(16)2-6-5(3-12)4-15-9(8(6)11)10(13)14/h4,10H,2-3H2,1H3. The molecule has 0 unspecified atom stereocenters. The first kappa shape index (κ1) is 14.3. The number of aromatic nitrogens is 1. The Kier molecular flexibility index (Phi) is 5.27. The Morgan fingerprint density at radius 2 is 2.29 bits per heavy atom. The summed E-state index contributed by atoms with van der Waals surface area (Å²) in [6.45, 7) is 0. The molecule has 17 heavy (non-hydrogen) atoms. The van der Waals surface area contributed by atoms with Crippen LogP contribution < -0.4 is 0 Å². The highest BCUT2D eigenvalue weighted by molar-refractivity contribution is 9.10. The van der Waals surface area contributed by atoms with Crippen molar-refractivity contribution in [3.05, 3.63) is 27.5 Å². The number of ether oxygens (including phenoxy) is 1. The summed E-state index contributed by atoms with van der Waals surface area (Å²) < 4.78 is 29.8. The molecule has 0 atom stereocenters. The average molecular weight is 329 g/mol. The van der Waals surface area contributed by atoms with Crippen LogP contribution in [0, 0.1) is 0 Å². The second-order valence-corrected chi connectivity index (χ2v) is 4.21. The van der Waals surface area contributed by atoms with E-state index in [0.717, 1.165) is 0 Å². The Hall–Kier alpha value is -0.750. The van der Waals surface area contributed by atoms with Gasteiger partial charge in [-0.15, -0.1) is 11.6 Å². The van der Waals surface area contributed by atoms with Gasteiger partial charge < -0.3 is 4.74 Å². The topological polar surface area (TPSA) is 39.2 Å². The van der Waals surface area contributed by atoms with Gasteiger partial charge >= 0.3 is 5.97 Å². The molecule has 0 spiro atoms. The van der Waals surface area contributed by atoms with Crippen LogP contribution in [0.15, 0.2) is 10.7 Å². The number of hydrogen-bond donors (Lipinski definition) is 0. The first-order valence-corrected chi connectivity index (χ1v) is 5.91. The molecule has 0 bridgehead atoms. The maximum absolute atomic E-state index is 12.6. The summed E-state index contributed by atoms with van der Waals surface area (Å²) in [4.78, 5) is 14.8. The second-order valence-electron chi connectivity index (χ2n) is 3.15. The lowest BCUT2D eigenvalue weighted by Crippen LogP contribution is -2.09. The Labute approximate surface area is 110 Å². The molecule has 0 radical (unpaired) electrons. The number of halogens is 4. The van der Waals surface area contributed by atoms with Gasteiger partial charge in [0.25, 0.3) is 6.43 Å². The molecule has 7 heteroatoms. The van der Waals surface area contributed by atoms with Crippen LogP contribution in [0.25, 0.3) is 0 Å². The molecule has 94 valence electrons. The summed E-state index contributed by atoms with van der Waals surface area (Å²) >= 11 is 8.68. The zero-order valence-corrected chi connectivity index (χ0v) is 11.2. The van der Waals surface area contributed by atoms with Gasteiger partial charge in [-0.3, -0.25) is 9.78 Å². The minimum atomic E-state index is -2.72. The SMILES string of the molecule is COC(=O)Cc1c(CCl)cnc(C(F)F)c1Br. The predicted octanol–water partition coefficient (Wildman–Crippen LogP) is 3.24. The van der Waals surface area contributed by atoms with Crippen molar-refractivity contribution in [3.8, 4) is 0 Å². The lowest BCUT2D eigenvalue weighted by Gasteiger charge is -2.11. The third-order valence-corrected chi connectivity index (χ3v) is 3.31. The van der Waals surface area contributed by atoms with Crippen LogP contribution in [-0.2, 0) is 21.8 Å². The molecule has 0 aromatic carbocycles. The van der Waals surface area contributed by atoms with Gasteiger partial charge in [0, 0.05) is 16.5 Å². The van der Waals surface area contributed by atoms with E-state index in [1.165, 1.54) is 13.3 Å². The molecule has 0 amide bonds. The normalized spacial score (nSPS) is 10.7. The quantitative estimate of drug-likeness (QED) is 0.629. The highest BCUT2D eigenvalue weighted by atomic mass is 79.9. The number of pyridine rings is 1. The van der Waals surface area contributed by atoms with Crippen LogP contribution in [0.5, 0.6) is 0 Å². The van der Waals surface area contributed by atoms with Gasteiger partial charge in [0.15, 0.2) is 0 Å². The van der Waals surface area contributed by atoms with Crippen molar-refractivity contribution < 1.29 is 18.3 Å². The van der Waals surface area contributed by atoms with E-state index in [4.69, 9.17) is 11.6 Å². The van der Waals surface area contributed by atoms with Crippen molar-refractivity contribution in [1.82, 2.24) is 4.98 Å². The Balaban J connectivity index is 3.22. The van der Waals surface area contributed by atoms with Gasteiger partial charge in [0.1, 0.15) is 5.69 Å². The molecule has 0 N–H and O–H groups in total. The van der Waals surface area contributed by atoms with E-state index in [1.807, 2.05) is 0 Å². The van der Waals surface area contributed by atoms with Crippen molar-refractivity contribution in [1.29, 1.82) is 0 Å². The largest absolute Gasteiger partial charge is 0.469 e. The third kappa shape index (κ3) is 3.35. The minimum absolute atomic E-state index is 0.0848. The van der Waals surface area contributed by atoms with Crippen molar-refractivity contribution in [2.75, 3.05) is 7.11 Å². The third-order valence-electron chi connectivity index (χ3n) is 2.14. The zero-order valence-electron chi connectivity index (χ0n) is 8.84. The summed E-state index contributed by atoms with van der Waals surface area (Å²) in [5, 5.41) is 0. The molecule has 3 nitrogen and oxygen atoms in total. The predicted molar refractivity (Wildman–Crippen MR) is 62.2 cm³/mol. The average Bonchev–Trinajstić information content (AvgIpc) is 2.30. The zero-order chi connectivity index (χ0) is 13.0.